The second kappa shape index (κ2) is 8.34. The molecule has 1 amide bonds. The third-order valence-electron chi connectivity index (χ3n) is 5.66. The smallest absolute Gasteiger partial charge is 0.416 e. The number of nitrogens with zero attached hydrogens (tertiary/aromatic N) is 1. The van der Waals surface area contributed by atoms with Crippen LogP contribution in [0.4, 0.5) is 18.9 Å². The first kappa shape index (κ1) is 22.5. The monoisotopic (exact) mass is 463 g/mol. The number of rotatable bonds is 5. The van der Waals surface area contributed by atoms with Gasteiger partial charge in [0.05, 0.1) is 38.2 Å². The lowest BCUT2D eigenvalue weighted by molar-refractivity contribution is -0.138. The number of methoxy groups -OCH3 is 3. The summed E-state index contributed by atoms with van der Waals surface area (Å²) in [7, 11) is 4.31. The van der Waals surface area contributed by atoms with Gasteiger partial charge in [-0.05, 0) is 24.3 Å². The van der Waals surface area contributed by atoms with E-state index in [2.05, 4.69) is 0 Å². The second-order valence-electron chi connectivity index (χ2n) is 7.39. The fraction of sp³-hybridized carbons (Fsp3) is 0.304. The van der Waals surface area contributed by atoms with E-state index in [1.807, 2.05) is 0 Å². The first-order chi connectivity index (χ1) is 15.7. The van der Waals surface area contributed by atoms with Crippen LogP contribution in [0.3, 0.4) is 0 Å². The normalized spacial score (nSPS) is 18.2. The Balaban J connectivity index is 1.86. The van der Waals surface area contributed by atoms with Gasteiger partial charge < -0.3 is 18.9 Å². The third-order valence-corrected chi connectivity index (χ3v) is 5.66. The number of carbonyl (C=O) groups excluding carboxylic acids is 2. The minimum atomic E-state index is -4.58. The molecule has 0 aromatic heterocycles. The first-order valence-electron chi connectivity index (χ1n) is 9.90. The molecule has 2 aromatic rings. The van der Waals surface area contributed by atoms with Crippen molar-refractivity contribution in [3.8, 4) is 17.2 Å². The van der Waals surface area contributed by atoms with Crippen LogP contribution in [0.1, 0.15) is 23.5 Å². The van der Waals surface area contributed by atoms with Crippen molar-refractivity contribution in [2.75, 3.05) is 32.8 Å². The highest BCUT2D eigenvalue weighted by molar-refractivity contribution is 6.06. The van der Waals surface area contributed by atoms with Crippen LogP contribution in [0.5, 0.6) is 17.2 Å². The second-order valence-corrected chi connectivity index (χ2v) is 7.39. The van der Waals surface area contributed by atoms with E-state index in [1.165, 1.54) is 33.5 Å². The average Bonchev–Trinajstić information content (AvgIpc) is 3.18. The van der Waals surface area contributed by atoms with Crippen molar-refractivity contribution in [1.82, 2.24) is 0 Å². The van der Waals surface area contributed by atoms with Gasteiger partial charge in [-0.2, -0.15) is 13.2 Å². The summed E-state index contributed by atoms with van der Waals surface area (Å²) in [5.41, 5.74) is 0.00992. The molecule has 0 N–H and O–H groups in total. The number of amides is 1. The Bertz CT molecular complexity index is 1160. The number of cyclic esters (lactones) is 1. The van der Waals surface area contributed by atoms with Crippen molar-refractivity contribution in [3.63, 3.8) is 0 Å². The van der Waals surface area contributed by atoms with Crippen LogP contribution >= 0.6 is 0 Å². The number of carbonyl (C=O) groups is 2. The zero-order chi connectivity index (χ0) is 23.9. The summed E-state index contributed by atoms with van der Waals surface area (Å²) in [4.78, 5) is 27.0. The molecule has 2 aliphatic rings. The minimum absolute atomic E-state index is 0.0124. The number of hydrogen-bond donors (Lipinski definition) is 0. The molecule has 10 heteroatoms. The number of halogens is 3. The van der Waals surface area contributed by atoms with Crippen molar-refractivity contribution in [2.45, 2.75) is 18.5 Å². The maximum atomic E-state index is 13.2. The Morgan fingerprint density at radius 3 is 2.36 bits per heavy atom. The fourth-order valence-electron chi connectivity index (χ4n) is 4.24. The molecule has 7 nitrogen and oxygen atoms in total. The van der Waals surface area contributed by atoms with Gasteiger partial charge in [-0.25, -0.2) is 4.79 Å². The highest BCUT2D eigenvalue weighted by Gasteiger charge is 2.44. The third kappa shape index (κ3) is 3.75. The lowest BCUT2D eigenvalue weighted by atomic mass is 9.83. The molecule has 0 fully saturated rings. The molecule has 174 valence electrons. The van der Waals surface area contributed by atoms with E-state index in [4.69, 9.17) is 18.9 Å². The summed E-state index contributed by atoms with van der Waals surface area (Å²) >= 11 is 0. The van der Waals surface area contributed by atoms with E-state index < -0.39 is 29.5 Å². The fourth-order valence-corrected chi connectivity index (χ4v) is 4.24. The van der Waals surface area contributed by atoms with Crippen molar-refractivity contribution < 1.29 is 41.7 Å². The van der Waals surface area contributed by atoms with Crippen molar-refractivity contribution in [3.05, 3.63) is 58.8 Å². The van der Waals surface area contributed by atoms with Gasteiger partial charge in [-0.3, -0.25) is 9.69 Å². The van der Waals surface area contributed by atoms with Gasteiger partial charge in [0.1, 0.15) is 6.61 Å². The molecule has 1 atom stereocenters. The zero-order valence-electron chi connectivity index (χ0n) is 18.0. The van der Waals surface area contributed by atoms with Crippen LogP contribution in [0, 0.1) is 0 Å². The van der Waals surface area contributed by atoms with E-state index in [9.17, 15) is 22.8 Å². The van der Waals surface area contributed by atoms with Gasteiger partial charge in [-0.15, -0.1) is 0 Å². The Kier molecular flexibility index (Phi) is 5.69. The molecule has 4 rings (SSSR count). The molecule has 0 bridgehead atoms. The number of ether oxygens (including phenoxy) is 4. The summed E-state index contributed by atoms with van der Waals surface area (Å²) in [6.45, 7) is -0.234. The minimum Gasteiger partial charge on any atom is -0.493 e. The largest absolute Gasteiger partial charge is 0.493 e. The highest BCUT2D eigenvalue weighted by Crippen LogP contribution is 2.49. The summed E-state index contributed by atoms with van der Waals surface area (Å²) < 4.78 is 61.1. The number of benzene rings is 2. The van der Waals surface area contributed by atoms with E-state index in [1.54, 1.807) is 12.1 Å². The Morgan fingerprint density at radius 2 is 1.73 bits per heavy atom. The zero-order valence-corrected chi connectivity index (χ0v) is 18.0. The average molecular weight is 463 g/mol. The topological polar surface area (TPSA) is 74.3 Å². The lowest BCUT2D eigenvalue weighted by Crippen LogP contribution is -2.37. The first-order valence-corrected chi connectivity index (χ1v) is 9.90. The molecule has 0 saturated carbocycles. The van der Waals surface area contributed by atoms with Crippen LogP contribution in [-0.2, 0) is 20.5 Å². The molecule has 2 aromatic carbocycles. The molecule has 2 heterocycles. The van der Waals surface area contributed by atoms with Crippen LogP contribution in [0.15, 0.2) is 47.7 Å². The van der Waals surface area contributed by atoms with Crippen LogP contribution in [0.25, 0.3) is 0 Å². The SMILES string of the molecule is COc1ccc([C@@H]2CC(=O)N(c3cccc(C(F)(F)F)c3)C3=C2C(=O)OC3)c(OC)c1OC. The molecule has 2 aliphatic heterocycles. The number of anilines is 1. The van der Waals surface area contributed by atoms with E-state index in [0.717, 1.165) is 17.0 Å². The van der Waals surface area contributed by atoms with Gasteiger partial charge >= 0.3 is 12.1 Å². The van der Waals surface area contributed by atoms with Gasteiger partial charge in [0.15, 0.2) is 11.5 Å². The highest BCUT2D eigenvalue weighted by atomic mass is 19.4. The van der Waals surface area contributed by atoms with Crippen LogP contribution in [0.2, 0.25) is 0 Å². The van der Waals surface area contributed by atoms with Crippen LogP contribution < -0.4 is 19.1 Å². The quantitative estimate of drug-likeness (QED) is 0.623. The summed E-state index contributed by atoms with van der Waals surface area (Å²) in [6, 6.07) is 7.68. The number of esters is 1. The molecule has 0 spiro atoms. The number of alkyl halides is 3. The molecule has 0 saturated heterocycles. The summed E-state index contributed by atoms with van der Waals surface area (Å²) in [6.07, 6.45) is -4.76. The maximum Gasteiger partial charge on any atom is 0.416 e. The predicted octanol–water partition coefficient (Wildman–Crippen LogP) is 4.06. The molecule has 0 aliphatic carbocycles. The van der Waals surface area contributed by atoms with E-state index in [-0.39, 0.29) is 35.7 Å². The number of hydrogen-bond acceptors (Lipinski definition) is 6. The molecule has 33 heavy (non-hydrogen) atoms. The predicted molar refractivity (Wildman–Crippen MR) is 110 cm³/mol. The molecule has 0 radical (unpaired) electrons. The Hall–Kier alpha value is -3.69. The summed E-state index contributed by atoms with van der Waals surface area (Å²) in [5.74, 6) is -0.884. The van der Waals surface area contributed by atoms with E-state index >= 15 is 0 Å². The van der Waals surface area contributed by atoms with Gasteiger partial charge in [0.2, 0.25) is 11.7 Å². The van der Waals surface area contributed by atoms with E-state index in [0.29, 0.717) is 17.1 Å². The van der Waals surface area contributed by atoms with Gasteiger partial charge in [0.25, 0.3) is 0 Å². The Morgan fingerprint density at radius 1 is 1.00 bits per heavy atom. The van der Waals surface area contributed by atoms with Gasteiger partial charge in [-0.1, -0.05) is 12.1 Å². The standard InChI is InChI=1S/C23H20F3NO6/c1-30-17-8-7-14(20(31-2)21(17)32-3)15-10-18(28)27(16-11-33-22(29)19(15)16)13-6-4-5-12(9-13)23(24,25)26/h4-9,15H,10-11H2,1-3H3/t15-/m0/s1. The molecular weight excluding hydrogens is 443 g/mol. The van der Waals surface area contributed by atoms with Crippen molar-refractivity contribution in [1.29, 1.82) is 0 Å². The molecular formula is C23H20F3NO6. The van der Waals surface area contributed by atoms with Gasteiger partial charge in [0, 0.05) is 23.6 Å². The maximum absolute atomic E-state index is 13.2. The van der Waals surface area contributed by atoms with Crippen molar-refractivity contribution >= 4 is 17.6 Å². The van der Waals surface area contributed by atoms with Crippen molar-refractivity contribution in [2.24, 2.45) is 0 Å². The summed E-state index contributed by atoms with van der Waals surface area (Å²) in [5, 5.41) is 0. The molecule has 0 unspecified atom stereocenters. The lowest BCUT2D eigenvalue weighted by Gasteiger charge is -2.32. The van der Waals surface area contributed by atoms with Crippen LogP contribution in [-0.4, -0.2) is 39.8 Å². The Labute approximate surface area is 187 Å².